The molecule has 106 valence electrons. The molecule has 20 heavy (non-hydrogen) atoms. The summed E-state index contributed by atoms with van der Waals surface area (Å²) < 4.78 is 0. The molecule has 0 unspecified atom stereocenters. The molecule has 2 rings (SSSR count). The van der Waals surface area contributed by atoms with E-state index >= 15 is 0 Å². The van der Waals surface area contributed by atoms with Crippen LogP contribution in [0, 0.1) is 30.9 Å². The first-order chi connectivity index (χ1) is 9.38. The first-order valence-electron chi connectivity index (χ1n) is 6.13. The summed E-state index contributed by atoms with van der Waals surface area (Å²) in [6, 6.07) is 5.26. The average molecular weight is 311 g/mol. The number of hydrogen-bond acceptors (Lipinski definition) is 4. The second kappa shape index (κ2) is 5.81. The van der Waals surface area contributed by atoms with Gasteiger partial charge in [-0.1, -0.05) is 11.6 Å². The molecule has 0 bridgehead atoms. The van der Waals surface area contributed by atoms with Crippen LogP contribution in [-0.4, -0.2) is 4.92 Å². The first kappa shape index (κ1) is 14.8. The number of thiophene rings is 1. The summed E-state index contributed by atoms with van der Waals surface area (Å²) in [5.41, 5.74) is 2.81. The maximum absolute atomic E-state index is 10.8. The van der Waals surface area contributed by atoms with Gasteiger partial charge in [-0.05, 0) is 44.0 Å². The van der Waals surface area contributed by atoms with Gasteiger partial charge in [0.2, 0.25) is 0 Å². The maximum atomic E-state index is 10.8. The Bertz CT molecular complexity index is 667. The molecule has 0 saturated heterocycles. The minimum Gasteiger partial charge on any atom is -0.381 e. The lowest BCUT2D eigenvalue weighted by atomic mass is 10.1. The van der Waals surface area contributed by atoms with Crippen molar-refractivity contribution in [1.82, 2.24) is 0 Å². The number of rotatable bonds is 4. The van der Waals surface area contributed by atoms with Gasteiger partial charge in [-0.15, -0.1) is 11.3 Å². The third kappa shape index (κ3) is 3.11. The lowest BCUT2D eigenvalue weighted by molar-refractivity contribution is -0.384. The number of benzene rings is 1. The maximum Gasteiger partial charge on any atom is 0.288 e. The molecule has 0 radical (unpaired) electrons. The normalized spacial score (nSPS) is 10.6. The van der Waals surface area contributed by atoms with Crippen molar-refractivity contribution in [3.63, 3.8) is 0 Å². The molecule has 0 aliphatic heterocycles. The second-order valence-corrected chi connectivity index (χ2v) is 6.54. The molecular formula is C14H15ClN2O2S. The Hall–Kier alpha value is -1.59. The van der Waals surface area contributed by atoms with Crippen molar-refractivity contribution < 1.29 is 4.92 Å². The summed E-state index contributed by atoms with van der Waals surface area (Å²) >= 11 is 7.70. The Balaban J connectivity index is 2.20. The van der Waals surface area contributed by atoms with Crippen LogP contribution in [0.1, 0.15) is 20.9 Å². The highest BCUT2D eigenvalue weighted by Gasteiger charge is 2.15. The fourth-order valence-electron chi connectivity index (χ4n) is 2.05. The Labute approximate surface area is 126 Å². The summed E-state index contributed by atoms with van der Waals surface area (Å²) in [6.45, 7) is 6.68. The minimum atomic E-state index is -0.467. The molecule has 0 aliphatic rings. The summed E-state index contributed by atoms with van der Waals surface area (Å²) in [4.78, 5) is 12.9. The van der Waals surface area contributed by atoms with Crippen LogP contribution in [-0.2, 0) is 6.54 Å². The molecule has 1 heterocycles. The zero-order valence-corrected chi connectivity index (χ0v) is 13.1. The van der Waals surface area contributed by atoms with Gasteiger partial charge >= 0.3 is 0 Å². The quantitative estimate of drug-likeness (QED) is 0.649. The monoisotopic (exact) mass is 310 g/mol. The molecule has 0 amide bonds. The van der Waals surface area contributed by atoms with Crippen LogP contribution in [0.5, 0.6) is 0 Å². The SMILES string of the molecule is Cc1cc(CNc2cc(Cl)c([N+](=O)[O-])cc2C)c(C)s1. The zero-order chi connectivity index (χ0) is 14.9. The second-order valence-electron chi connectivity index (χ2n) is 4.67. The van der Waals surface area contributed by atoms with Crippen LogP contribution in [0.4, 0.5) is 11.4 Å². The number of nitro groups is 1. The third-order valence-corrected chi connectivity index (χ3v) is 4.41. The van der Waals surface area contributed by atoms with Crippen molar-refractivity contribution in [3.05, 3.63) is 54.2 Å². The van der Waals surface area contributed by atoms with Crippen LogP contribution in [0.15, 0.2) is 18.2 Å². The number of aryl methyl sites for hydroxylation is 3. The topological polar surface area (TPSA) is 55.2 Å². The number of anilines is 1. The highest BCUT2D eigenvalue weighted by Crippen LogP contribution is 2.31. The van der Waals surface area contributed by atoms with Crippen molar-refractivity contribution in [1.29, 1.82) is 0 Å². The number of halogens is 1. The van der Waals surface area contributed by atoms with Gasteiger partial charge in [0.1, 0.15) is 5.02 Å². The van der Waals surface area contributed by atoms with Crippen LogP contribution in [0.2, 0.25) is 5.02 Å². The molecule has 0 saturated carbocycles. The van der Waals surface area contributed by atoms with E-state index in [1.165, 1.54) is 21.4 Å². The third-order valence-electron chi connectivity index (χ3n) is 3.10. The summed E-state index contributed by atoms with van der Waals surface area (Å²) in [6.07, 6.45) is 0. The van der Waals surface area contributed by atoms with E-state index in [0.29, 0.717) is 6.54 Å². The van der Waals surface area contributed by atoms with E-state index in [9.17, 15) is 10.1 Å². The van der Waals surface area contributed by atoms with Crippen LogP contribution in [0.25, 0.3) is 0 Å². The Morgan fingerprint density at radius 2 is 2.00 bits per heavy atom. The molecule has 1 aromatic heterocycles. The summed E-state index contributed by atoms with van der Waals surface area (Å²) in [5, 5.41) is 14.3. The Morgan fingerprint density at radius 3 is 2.55 bits per heavy atom. The molecule has 6 heteroatoms. The van der Waals surface area contributed by atoms with E-state index in [1.54, 1.807) is 17.4 Å². The van der Waals surface area contributed by atoms with Gasteiger partial charge < -0.3 is 5.32 Å². The van der Waals surface area contributed by atoms with Gasteiger partial charge in [0, 0.05) is 28.1 Å². The lowest BCUT2D eigenvalue weighted by Gasteiger charge is -2.10. The molecule has 1 aromatic carbocycles. The number of hydrogen-bond donors (Lipinski definition) is 1. The standard InChI is InChI=1S/C14H15ClN2O2S/c1-8-4-14(17(18)19)12(15)6-13(8)16-7-11-5-9(2)20-10(11)3/h4-6,16H,7H2,1-3H3. The molecule has 0 fully saturated rings. The minimum absolute atomic E-state index is 0.0581. The van der Waals surface area contributed by atoms with Crippen molar-refractivity contribution in [2.45, 2.75) is 27.3 Å². The van der Waals surface area contributed by atoms with Gasteiger partial charge in [-0.2, -0.15) is 0 Å². The van der Waals surface area contributed by atoms with Gasteiger partial charge in [0.15, 0.2) is 0 Å². The van der Waals surface area contributed by atoms with Gasteiger partial charge in [0.25, 0.3) is 5.69 Å². The van der Waals surface area contributed by atoms with E-state index in [0.717, 1.165) is 11.3 Å². The fourth-order valence-corrected chi connectivity index (χ4v) is 3.23. The zero-order valence-electron chi connectivity index (χ0n) is 11.5. The van der Waals surface area contributed by atoms with Crippen molar-refractivity contribution in [2.75, 3.05) is 5.32 Å². The van der Waals surface area contributed by atoms with Gasteiger partial charge in [-0.3, -0.25) is 10.1 Å². The predicted molar refractivity (Wildman–Crippen MR) is 84.0 cm³/mol. The van der Waals surface area contributed by atoms with Crippen LogP contribution < -0.4 is 5.32 Å². The average Bonchev–Trinajstić information content (AvgIpc) is 2.68. The van der Waals surface area contributed by atoms with Crippen molar-refractivity contribution >= 4 is 34.3 Å². The lowest BCUT2D eigenvalue weighted by Crippen LogP contribution is -2.02. The highest BCUT2D eigenvalue weighted by atomic mass is 35.5. The van der Waals surface area contributed by atoms with E-state index in [-0.39, 0.29) is 10.7 Å². The smallest absolute Gasteiger partial charge is 0.288 e. The molecule has 0 spiro atoms. The molecular weight excluding hydrogens is 296 g/mol. The van der Waals surface area contributed by atoms with E-state index < -0.39 is 4.92 Å². The van der Waals surface area contributed by atoms with Crippen molar-refractivity contribution in [2.24, 2.45) is 0 Å². The Morgan fingerprint density at radius 1 is 1.30 bits per heavy atom. The van der Waals surface area contributed by atoms with Gasteiger partial charge in [-0.25, -0.2) is 0 Å². The highest BCUT2D eigenvalue weighted by molar-refractivity contribution is 7.12. The number of nitrogens with one attached hydrogen (secondary N) is 1. The van der Waals surface area contributed by atoms with Crippen molar-refractivity contribution in [3.8, 4) is 0 Å². The molecule has 2 aromatic rings. The Kier molecular flexibility index (Phi) is 4.30. The summed E-state index contributed by atoms with van der Waals surface area (Å²) in [7, 11) is 0. The summed E-state index contributed by atoms with van der Waals surface area (Å²) in [5.74, 6) is 0. The molecule has 4 nitrogen and oxygen atoms in total. The predicted octanol–water partition coefficient (Wildman–Crippen LogP) is 4.85. The van der Waals surface area contributed by atoms with E-state index in [1.807, 2.05) is 6.92 Å². The number of nitro benzene ring substituents is 1. The van der Waals surface area contributed by atoms with E-state index in [4.69, 9.17) is 11.6 Å². The molecule has 1 N–H and O–H groups in total. The van der Waals surface area contributed by atoms with Gasteiger partial charge in [0.05, 0.1) is 4.92 Å². The molecule has 0 aliphatic carbocycles. The largest absolute Gasteiger partial charge is 0.381 e. The number of nitrogens with zero attached hydrogens (tertiary/aromatic N) is 1. The van der Waals surface area contributed by atoms with Crippen LogP contribution >= 0.6 is 22.9 Å². The van der Waals surface area contributed by atoms with Crippen LogP contribution in [0.3, 0.4) is 0 Å². The first-order valence-corrected chi connectivity index (χ1v) is 7.32. The fraction of sp³-hybridized carbons (Fsp3) is 0.286. The van der Waals surface area contributed by atoms with E-state index in [2.05, 4.69) is 25.2 Å². The molecule has 0 atom stereocenters.